The van der Waals surface area contributed by atoms with Crippen LogP contribution in [0.5, 0.6) is 0 Å². The molecule has 1 atom stereocenters. The van der Waals surface area contributed by atoms with Crippen LogP contribution < -0.4 is 11.1 Å². The number of carbonyl (C=O) groups excluding carboxylic acids is 1. The minimum atomic E-state index is -0.646. The molecule has 0 saturated carbocycles. The van der Waals surface area contributed by atoms with Crippen molar-refractivity contribution in [2.75, 3.05) is 19.4 Å². The molecule has 1 heterocycles. The molecule has 0 saturated heterocycles. The van der Waals surface area contributed by atoms with E-state index in [0.717, 1.165) is 17.2 Å². The molecule has 0 unspecified atom stereocenters. The predicted molar refractivity (Wildman–Crippen MR) is 91.8 cm³/mol. The van der Waals surface area contributed by atoms with E-state index < -0.39 is 6.04 Å². The normalized spacial score (nSPS) is 12.8. The Morgan fingerprint density at radius 1 is 1.39 bits per heavy atom. The lowest BCUT2D eigenvalue weighted by Crippen LogP contribution is -2.37. The van der Waals surface area contributed by atoms with Crippen molar-refractivity contribution in [2.45, 2.75) is 19.4 Å². The van der Waals surface area contributed by atoms with E-state index in [4.69, 9.17) is 5.73 Å². The second-order valence-corrected chi connectivity index (χ2v) is 5.46. The molecule has 0 spiro atoms. The number of aromatic nitrogens is 2. The summed E-state index contributed by atoms with van der Waals surface area (Å²) in [5.74, 6) is 0.663. The van der Waals surface area contributed by atoms with Gasteiger partial charge in [-0.1, -0.05) is 0 Å². The number of aromatic amines is 1. The second-order valence-electron chi connectivity index (χ2n) is 5.46. The predicted octanol–water partition coefficient (Wildman–Crippen LogP) is 1.53. The van der Waals surface area contributed by atoms with Crippen LogP contribution in [0.1, 0.15) is 12.6 Å². The van der Waals surface area contributed by atoms with E-state index in [2.05, 4.69) is 20.3 Å². The Kier molecular flexibility index (Phi) is 5.48. The highest BCUT2D eigenvalue weighted by atomic mass is 16.2. The summed E-state index contributed by atoms with van der Waals surface area (Å²) in [7, 11) is 3.88. The molecular formula is C16H22N6O. The molecule has 4 N–H and O–H groups in total. The quantitative estimate of drug-likeness (QED) is 0.575. The van der Waals surface area contributed by atoms with Gasteiger partial charge >= 0.3 is 0 Å². The van der Waals surface area contributed by atoms with Gasteiger partial charge in [0.2, 0.25) is 5.91 Å². The van der Waals surface area contributed by atoms with Crippen molar-refractivity contribution >= 4 is 23.1 Å². The first kappa shape index (κ1) is 16.7. The summed E-state index contributed by atoms with van der Waals surface area (Å²) in [6, 6.07) is 6.66. The Morgan fingerprint density at radius 3 is 2.65 bits per heavy atom. The maximum absolute atomic E-state index is 12.1. The number of amides is 1. The fraction of sp³-hybridized carbons (Fsp3) is 0.312. The number of carbonyl (C=O) groups is 1. The highest BCUT2D eigenvalue weighted by molar-refractivity contribution is 5.95. The van der Waals surface area contributed by atoms with Crippen LogP contribution in [0.15, 0.2) is 41.8 Å². The number of amidine groups is 1. The second kappa shape index (κ2) is 7.55. The van der Waals surface area contributed by atoms with E-state index in [-0.39, 0.29) is 5.91 Å². The van der Waals surface area contributed by atoms with Crippen LogP contribution in [0.25, 0.3) is 0 Å². The van der Waals surface area contributed by atoms with Gasteiger partial charge in [0.05, 0.1) is 23.8 Å². The van der Waals surface area contributed by atoms with E-state index in [0.29, 0.717) is 12.1 Å². The third-order valence-electron chi connectivity index (χ3n) is 3.39. The fourth-order valence-corrected chi connectivity index (χ4v) is 1.86. The smallest absolute Gasteiger partial charge is 0.241 e. The van der Waals surface area contributed by atoms with Crippen molar-refractivity contribution < 1.29 is 4.79 Å². The average molecular weight is 314 g/mol. The van der Waals surface area contributed by atoms with Crippen LogP contribution >= 0.6 is 0 Å². The Bertz CT molecular complexity index is 660. The van der Waals surface area contributed by atoms with Crippen LogP contribution in [0.3, 0.4) is 0 Å². The first-order valence-corrected chi connectivity index (χ1v) is 7.32. The molecule has 23 heavy (non-hydrogen) atoms. The number of hydrogen-bond acceptors (Lipinski definition) is 4. The molecule has 1 aromatic carbocycles. The lowest BCUT2D eigenvalue weighted by Gasteiger charge is -2.12. The highest BCUT2D eigenvalue weighted by Crippen LogP contribution is 2.17. The number of aliphatic imine (C=N–C) groups is 1. The van der Waals surface area contributed by atoms with Crippen molar-refractivity contribution in [1.29, 1.82) is 0 Å². The first-order chi connectivity index (χ1) is 11.0. The topological polar surface area (TPSA) is 99.4 Å². The van der Waals surface area contributed by atoms with Crippen molar-refractivity contribution in [1.82, 2.24) is 14.9 Å². The summed E-state index contributed by atoms with van der Waals surface area (Å²) < 4.78 is 0. The van der Waals surface area contributed by atoms with Gasteiger partial charge in [0.1, 0.15) is 5.84 Å². The molecule has 122 valence electrons. The minimum Gasteiger partial charge on any atom is -0.366 e. The Labute approximate surface area is 135 Å². The van der Waals surface area contributed by atoms with E-state index in [9.17, 15) is 4.79 Å². The van der Waals surface area contributed by atoms with E-state index >= 15 is 0 Å². The van der Waals surface area contributed by atoms with Gasteiger partial charge in [0.15, 0.2) is 0 Å². The Morgan fingerprint density at radius 2 is 2.09 bits per heavy atom. The molecule has 1 amide bonds. The molecule has 2 aromatic rings. The maximum atomic E-state index is 12.1. The zero-order valence-electron chi connectivity index (χ0n) is 13.6. The maximum Gasteiger partial charge on any atom is 0.241 e. The largest absolute Gasteiger partial charge is 0.366 e. The lowest BCUT2D eigenvalue weighted by atomic mass is 10.1. The summed E-state index contributed by atoms with van der Waals surface area (Å²) in [4.78, 5) is 25.4. The molecule has 0 aliphatic heterocycles. The molecule has 0 bridgehead atoms. The van der Waals surface area contributed by atoms with Crippen LogP contribution in [0.4, 0.5) is 11.4 Å². The van der Waals surface area contributed by atoms with Gasteiger partial charge in [0.25, 0.3) is 0 Å². The van der Waals surface area contributed by atoms with Crippen molar-refractivity contribution in [3.8, 4) is 0 Å². The molecule has 0 aliphatic rings. The van der Waals surface area contributed by atoms with Gasteiger partial charge in [0, 0.05) is 32.4 Å². The Hall–Kier alpha value is -2.67. The van der Waals surface area contributed by atoms with Crippen molar-refractivity contribution in [2.24, 2.45) is 10.7 Å². The van der Waals surface area contributed by atoms with E-state index in [1.807, 2.05) is 38.1 Å². The van der Waals surface area contributed by atoms with Gasteiger partial charge in [-0.25, -0.2) is 9.98 Å². The van der Waals surface area contributed by atoms with Gasteiger partial charge in [-0.3, -0.25) is 4.79 Å². The first-order valence-electron chi connectivity index (χ1n) is 7.32. The summed E-state index contributed by atoms with van der Waals surface area (Å²) in [6.45, 7) is 1.93. The van der Waals surface area contributed by atoms with Crippen LogP contribution in [0.2, 0.25) is 0 Å². The molecule has 0 aliphatic carbocycles. The lowest BCUT2D eigenvalue weighted by molar-refractivity contribution is -0.117. The zero-order valence-corrected chi connectivity index (χ0v) is 13.6. The highest BCUT2D eigenvalue weighted by Gasteiger charge is 2.15. The van der Waals surface area contributed by atoms with E-state index in [1.165, 1.54) is 0 Å². The van der Waals surface area contributed by atoms with Crippen molar-refractivity contribution in [3.63, 3.8) is 0 Å². The third-order valence-corrected chi connectivity index (χ3v) is 3.39. The van der Waals surface area contributed by atoms with Crippen LogP contribution in [0, 0.1) is 0 Å². The van der Waals surface area contributed by atoms with Gasteiger partial charge < -0.3 is 20.9 Å². The van der Waals surface area contributed by atoms with Gasteiger partial charge in [-0.05, 0) is 31.2 Å². The molecule has 7 nitrogen and oxygen atoms in total. The Balaban J connectivity index is 1.95. The number of nitrogens with one attached hydrogen (secondary N) is 2. The third kappa shape index (κ3) is 4.93. The summed E-state index contributed by atoms with van der Waals surface area (Å²) >= 11 is 0. The molecule has 0 fully saturated rings. The number of rotatable bonds is 5. The van der Waals surface area contributed by atoms with Crippen LogP contribution in [-0.2, 0) is 11.2 Å². The molecule has 7 heteroatoms. The standard InChI is InChI=1S/C16H22N6O/c1-11(22(2)3)20-12-4-6-13(7-5-12)21-16(23)15(17)8-14-9-18-10-19-14/h4-7,9-10,15H,8,17H2,1-3H3,(H,18,19)(H,21,23)/b20-11+/t15-/m0/s1. The molecule has 1 aromatic heterocycles. The summed E-state index contributed by atoms with van der Waals surface area (Å²) in [5.41, 5.74) is 8.17. The fourth-order valence-electron chi connectivity index (χ4n) is 1.86. The van der Waals surface area contributed by atoms with Gasteiger partial charge in [-0.2, -0.15) is 0 Å². The average Bonchev–Trinajstić information content (AvgIpc) is 3.02. The van der Waals surface area contributed by atoms with Crippen LogP contribution in [-0.4, -0.2) is 46.7 Å². The summed E-state index contributed by atoms with van der Waals surface area (Å²) in [5, 5.41) is 2.80. The van der Waals surface area contributed by atoms with Crippen molar-refractivity contribution in [3.05, 3.63) is 42.5 Å². The molecule has 2 rings (SSSR count). The zero-order chi connectivity index (χ0) is 16.8. The number of imidazole rings is 1. The molecule has 0 radical (unpaired) electrons. The monoisotopic (exact) mass is 314 g/mol. The number of H-pyrrole nitrogens is 1. The minimum absolute atomic E-state index is 0.242. The number of hydrogen-bond donors (Lipinski definition) is 3. The molecular weight excluding hydrogens is 292 g/mol. The van der Waals surface area contributed by atoms with Gasteiger partial charge in [-0.15, -0.1) is 0 Å². The SMILES string of the molecule is C/C(=N\c1ccc(NC(=O)[C@@H](N)Cc2c[nH]cn2)cc1)N(C)C. The number of nitrogens with zero attached hydrogens (tertiary/aromatic N) is 3. The number of anilines is 1. The number of benzene rings is 1. The van der Waals surface area contributed by atoms with E-state index in [1.54, 1.807) is 24.7 Å². The summed E-state index contributed by atoms with van der Waals surface area (Å²) in [6.07, 6.45) is 3.68. The number of nitrogens with two attached hydrogens (primary N) is 1.